The van der Waals surface area contributed by atoms with Crippen LogP contribution in [0.3, 0.4) is 0 Å². The zero-order valence-electron chi connectivity index (χ0n) is 8.69. The summed E-state index contributed by atoms with van der Waals surface area (Å²) in [5.74, 6) is 1.21. The normalized spacial score (nSPS) is 10.7. The van der Waals surface area contributed by atoms with Gasteiger partial charge in [0.05, 0.1) is 6.20 Å². The van der Waals surface area contributed by atoms with E-state index in [0.29, 0.717) is 28.0 Å². The molecule has 0 aliphatic heterocycles. The summed E-state index contributed by atoms with van der Waals surface area (Å²) in [6.07, 6.45) is 1.65. The van der Waals surface area contributed by atoms with Gasteiger partial charge >= 0.3 is 0 Å². The Kier molecular flexibility index (Phi) is 2.40. The van der Waals surface area contributed by atoms with Crippen LogP contribution in [0.15, 0.2) is 6.20 Å². The predicted octanol–water partition coefficient (Wildman–Crippen LogP) is 1.45. The number of anilines is 1. The second-order valence-electron chi connectivity index (χ2n) is 3.36. The summed E-state index contributed by atoms with van der Waals surface area (Å²) in [7, 11) is 3.73. The molecule has 0 radical (unpaired) electrons. The zero-order chi connectivity index (χ0) is 11.0. The molecule has 0 atom stereocenters. The lowest BCUT2D eigenvalue weighted by molar-refractivity contribution is 1.000. The SMILES string of the molecule is Cc1nc(Cl)c2nc(N(C)C)ncc2n1. The highest BCUT2D eigenvalue weighted by Gasteiger charge is 2.08. The molecule has 0 bridgehead atoms. The van der Waals surface area contributed by atoms with E-state index >= 15 is 0 Å². The minimum atomic E-state index is 0.364. The highest BCUT2D eigenvalue weighted by molar-refractivity contribution is 6.33. The van der Waals surface area contributed by atoms with Gasteiger partial charge < -0.3 is 4.90 Å². The fourth-order valence-corrected chi connectivity index (χ4v) is 1.47. The Morgan fingerprint density at radius 1 is 1.20 bits per heavy atom. The number of rotatable bonds is 1. The topological polar surface area (TPSA) is 54.8 Å². The van der Waals surface area contributed by atoms with Gasteiger partial charge in [-0.05, 0) is 6.92 Å². The first-order valence-electron chi connectivity index (χ1n) is 4.42. The Morgan fingerprint density at radius 3 is 2.60 bits per heavy atom. The number of hydrogen-bond donors (Lipinski definition) is 0. The van der Waals surface area contributed by atoms with Crippen molar-refractivity contribution in [2.24, 2.45) is 0 Å². The molecule has 0 saturated carbocycles. The average molecular weight is 224 g/mol. The zero-order valence-corrected chi connectivity index (χ0v) is 9.45. The number of aromatic nitrogens is 4. The molecule has 2 heterocycles. The molecule has 0 unspecified atom stereocenters. The van der Waals surface area contributed by atoms with Gasteiger partial charge in [-0.2, -0.15) is 0 Å². The van der Waals surface area contributed by atoms with Crippen molar-refractivity contribution in [2.45, 2.75) is 6.92 Å². The van der Waals surface area contributed by atoms with Crippen LogP contribution in [0, 0.1) is 6.92 Å². The van der Waals surface area contributed by atoms with Crippen molar-refractivity contribution in [1.82, 2.24) is 19.9 Å². The van der Waals surface area contributed by atoms with Crippen LogP contribution in [0.2, 0.25) is 5.15 Å². The van der Waals surface area contributed by atoms with Gasteiger partial charge in [-0.15, -0.1) is 0 Å². The van der Waals surface area contributed by atoms with Crippen LogP contribution >= 0.6 is 11.6 Å². The second-order valence-corrected chi connectivity index (χ2v) is 3.72. The van der Waals surface area contributed by atoms with Crippen molar-refractivity contribution in [1.29, 1.82) is 0 Å². The lowest BCUT2D eigenvalue weighted by Crippen LogP contribution is -2.12. The molecule has 6 heteroatoms. The standard InChI is InChI=1S/C9H10ClN5/c1-5-12-6-4-11-9(15(2)3)14-7(6)8(10)13-5/h4H,1-3H3. The Bertz CT molecular complexity index is 511. The van der Waals surface area contributed by atoms with Crippen LogP contribution in [0.5, 0.6) is 0 Å². The molecule has 0 aliphatic rings. The molecule has 5 nitrogen and oxygen atoms in total. The van der Waals surface area contributed by atoms with Crippen LogP contribution in [0.25, 0.3) is 11.0 Å². The Morgan fingerprint density at radius 2 is 1.93 bits per heavy atom. The number of halogens is 1. The van der Waals surface area contributed by atoms with Gasteiger partial charge in [0.25, 0.3) is 0 Å². The third-order valence-electron chi connectivity index (χ3n) is 1.89. The molecule has 0 saturated heterocycles. The first-order chi connectivity index (χ1) is 7.08. The second kappa shape index (κ2) is 3.58. The summed E-state index contributed by atoms with van der Waals surface area (Å²) in [6.45, 7) is 1.78. The third kappa shape index (κ3) is 1.83. The summed E-state index contributed by atoms with van der Waals surface area (Å²) < 4.78 is 0. The number of nitrogens with zero attached hydrogens (tertiary/aromatic N) is 5. The number of hydrogen-bond acceptors (Lipinski definition) is 5. The fraction of sp³-hybridized carbons (Fsp3) is 0.333. The average Bonchev–Trinajstić information content (AvgIpc) is 2.16. The molecular formula is C9H10ClN5. The van der Waals surface area contributed by atoms with E-state index in [9.17, 15) is 0 Å². The smallest absolute Gasteiger partial charge is 0.225 e. The predicted molar refractivity (Wildman–Crippen MR) is 59.2 cm³/mol. The minimum absolute atomic E-state index is 0.364. The third-order valence-corrected chi connectivity index (χ3v) is 2.16. The van der Waals surface area contributed by atoms with E-state index in [0.717, 1.165) is 0 Å². The van der Waals surface area contributed by atoms with E-state index < -0.39 is 0 Å². The minimum Gasteiger partial charge on any atom is -0.347 e. The lowest BCUT2D eigenvalue weighted by atomic mass is 10.4. The molecule has 2 rings (SSSR count). The molecule has 78 valence electrons. The molecule has 2 aromatic rings. The van der Waals surface area contributed by atoms with Crippen molar-refractivity contribution in [2.75, 3.05) is 19.0 Å². The first kappa shape index (κ1) is 10.0. The van der Waals surface area contributed by atoms with Crippen LogP contribution in [0.4, 0.5) is 5.95 Å². The largest absolute Gasteiger partial charge is 0.347 e. The monoisotopic (exact) mass is 223 g/mol. The van der Waals surface area contributed by atoms with Gasteiger partial charge in [-0.1, -0.05) is 11.6 Å². The first-order valence-corrected chi connectivity index (χ1v) is 4.80. The summed E-state index contributed by atoms with van der Waals surface area (Å²) in [6, 6.07) is 0. The fourth-order valence-electron chi connectivity index (χ4n) is 1.21. The molecule has 0 aliphatic carbocycles. The lowest BCUT2D eigenvalue weighted by Gasteiger charge is -2.10. The molecule has 0 aromatic carbocycles. The Hall–Kier alpha value is -1.49. The van der Waals surface area contributed by atoms with Crippen molar-refractivity contribution >= 4 is 28.6 Å². The van der Waals surface area contributed by atoms with Crippen LogP contribution in [-0.4, -0.2) is 34.0 Å². The van der Waals surface area contributed by atoms with Crippen molar-refractivity contribution in [3.05, 3.63) is 17.2 Å². The number of fused-ring (bicyclic) bond motifs is 1. The van der Waals surface area contributed by atoms with Crippen LogP contribution in [0.1, 0.15) is 5.82 Å². The highest BCUT2D eigenvalue weighted by atomic mass is 35.5. The van der Waals surface area contributed by atoms with E-state index in [1.54, 1.807) is 18.0 Å². The van der Waals surface area contributed by atoms with Gasteiger partial charge in [-0.3, -0.25) is 0 Å². The van der Waals surface area contributed by atoms with E-state index in [1.807, 2.05) is 14.1 Å². The van der Waals surface area contributed by atoms with Crippen molar-refractivity contribution in [3.63, 3.8) is 0 Å². The molecule has 0 fully saturated rings. The van der Waals surface area contributed by atoms with Gasteiger partial charge in [0.1, 0.15) is 16.9 Å². The highest BCUT2D eigenvalue weighted by Crippen LogP contribution is 2.19. The van der Waals surface area contributed by atoms with Gasteiger partial charge in [0.15, 0.2) is 5.15 Å². The van der Waals surface area contributed by atoms with E-state index in [2.05, 4.69) is 19.9 Å². The molecule has 0 amide bonds. The Balaban J connectivity index is 2.71. The summed E-state index contributed by atoms with van der Waals surface area (Å²) in [5, 5.41) is 0.364. The Labute approximate surface area is 92.1 Å². The molecule has 0 N–H and O–H groups in total. The summed E-state index contributed by atoms with van der Waals surface area (Å²) >= 11 is 5.98. The van der Waals surface area contributed by atoms with Crippen molar-refractivity contribution in [3.8, 4) is 0 Å². The number of aryl methyl sites for hydroxylation is 1. The van der Waals surface area contributed by atoms with Gasteiger partial charge in [-0.25, -0.2) is 19.9 Å². The maximum absolute atomic E-state index is 5.98. The van der Waals surface area contributed by atoms with E-state index in [-0.39, 0.29) is 0 Å². The molecule has 2 aromatic heterocycles. The summed E-state index contributed by atoms with van der Waals surface area (Å²) in [5.41, 5.74) is 1.25. The maximum Gasteiger partial charge on any atom is 0.225 e. The molecule has 0 spiro atoms. The van der Waals surface area contributed by atoms with Gasteiger partial charge in [0, 0.05) is 14.1 Å². The van der Waals surface area contributed by atoms with Crippen molar-refractivity contribution < 1.29 is 0 Å². The van der Waals surface area contributed by atoms with E-state index in [1.165, 1.54) is 0 Å². The molecular weight excluding hydrogens is 214 g/mol. The summed E-state index contributed by atoms with van der Waals surface area (Å²) in [4.78, 5) is 18.5. The molecule has 15 heavy (non-hydrogen) atoms. The van der Waals surface area contributed by atoms with Crippen LogP contribution in [-0.2, 0) is 0 Å². The quantitative estimate of drug-likeness (QED) is 0.685. The maximum atomic E-state index is 5.98. The van der Waals surface area contributed by atoms with E-state index in [4.69, 9.17) is 11.6 Å². The van der Waals surface area contributed by atoms with Crippen LogP contribution < -0.4 is 4.90 Å². The van der Waals surface area contributed by atoms with Gasteiger partial charge in [0.2, 0.25) is 5.95 Å².